The summed E-state index contributed by atoms with van der Waals surface area (Å²) in [6.07, 6.45) is 0. The van der Waals surface area contributed by atoms with Crippen molar-refractivity contribution < 1.29 is 4.79 Å². The number of aromatic nitrogens is 1. The Labute approximate surface area is 172 Å². The maximum absolute atomic E-state index is 13.0. The zero-order valence-electron chi connectivity index (χ0n) is 15.0. The van der Waals surface area contributed by atoms with Crippen molar-refractivity contribution in [2.75, 3.05) is 36.8 Å². The molecule has 1 saturated heterocycles. The molecule has 4 rings (SSSR count). The van der Waals surface area contributed by atoms with Gasteiger partial charge in [-0.1, -0.05) is 42.0 Å². The molecule has 0 spiro atoms. The normalized spacial score (nSPS) is 14.7. The minimum atomic E-state index is 0.127. The second kappa shape index (κ2) is 8.09. The third-order valence-corrected chi connectivity index (χ3v) is 6.86. The molecule has 0 radical (unpaired) electrons. The Kier molecular flexibility index (Phi) is 5.57. The molecule has 0 unspecified atom stereocenters. The van der Waals surface area contributed by atoms with Crippen molar-refractivity contribution >= 4 is 56.0 Å². The van der Waals surface area contributed by atoms with E-state index in [0.717, 1.165) is 49.7 Å². The molecule has 0 aliphatic carbocycles. The average molecular weight is 418 g/mol. The quantitative estimate of drug-likeness (QED) is 0.558. The van der Waals surface area contributed by atoms with Crippen molar-refractivity contribution in [2.45, 2.75) is 11.8 Å². The molecule has 2 aromatic carbocycles. The number of thioether (sulfide) groups is 1. The lowest BCUT2D eigenvalue weighted by atomic mass is 10.2. The molecule has 4 nitrogen and oxygen atoms in total. The molecule has 1 fully saturated rings. The molecule has 2 heterocycles. The van der Waals surface area contributed by atoms with Crippen LogP contribution in [0.1, 0.15) is 17.3 Å². The predicted molar refractivity (Wildman–Crippen MR) is 116 cm³/mol. The fourth-order valence-electron chi connectivity index (χ4n) is 3.22. The number of benzene rings is 2. The molecule has 27 heavy (non-hydrogen) atoms. The zero-order chi connectivity index (χ0) is 18.8. The topological polar surface area (TPSA) is 36.4 Å². The molecule has 0 N–H and O–H groups in total. The average Bonchev–Trinajstić information content (AvgIpc) is 3.11. The van der Waals surface area contributed by atoms with Crippen molar-refractivity contribution in [1.29, 1.82) is 0 Å². The van der Waals surface area contributed by atoms with Crippen LogP contribution in [0.5, 0.6) is 0 Å². The van der Waals surface area contributed by atoms with E-state index < -0.39 is 0 Å². The van der Waals surface area contributed by atoms with E-state index in [1.54, 1.807) is 23.1 Å². The number of hydrogen-bond donors (Lipinski definition) is 0. The Bertz CT molecular complexity index is 967. The first-order valence-electron chi connectivity index (χ1n) is 8.98. The van der Waals surface area contributed by atoms with Crippen LogP contribution < -0.4 is 4.90 Å². The molecule has 1 aromatic heterocycles. The summed E-state index contributed by atoms with van der Waals surface area (Å²) in [5, 5.41) is 1.73. The van der Waals surface area contributed by atoms with Gasteiger partial charge in [-0.25, -0.2) is 4.98 Å². The highest BCUT2D eigenvalue weighted by Crippen LogP contribution is 2.31. The van der Waals surface area contributed by atoms with Crippen molar-refractivity contribution in [3.05, 3.63) is 53.1 Å². The molecule has 7 heteroatoms. The number of anilines is 1. The van der Waals surface area contributed by atoms with Gasteiger partial charge < -0.3 is 9.80 Å². The maximum atomic E-state index is 13.0. The summed E-state index contributed by atoms with van der Waals surface area (Å²) in [7, 11) is 0. The smallest absolute Gasteiger partial charge is 0.255 e. The number of hydrogen-bond acceptors (Lipinski definition) is 5. The predicted octanol–water partition coefficient (Wildman–Crippen LogP) is 5.02. The molecule has 1 aliphatic rings. The van der Waals surface area contributed by atoms with Crippen molar-refractivity contribution in [2.24, 2.45) is 0 Å². The van der Waals surface area contributed by atoms with Crippen LogP contribution in [0, 0.1) is 0 Å². The minimum absolute atomic E-state index is 0.127. The van der Waals surface area contributed by atoms with Crippen LogP contribution in [0.25, 0.3) is 10.2 Å². The number of halogens is 1. The molecule has 3 aromatic rings. The van der Waals surface area contributed by atoms with Crippen LogP contribution in [-0.4, -0.2) is 47.7 Å². The lowest BCUT2D eigenvalue weighted by Gasteiger charge is -2.34. The van der Waals surface area contributed by atoms with E-state index in [1.807, 2.05) is 47.4 Å². The van der Waals surface area contributed by atoms with Gasteiger partial charge in [0.1, 0.15) is 0 Å². The molecular weight excluding hydrogens is 398 g/mol. The van der Waals surface area contributed by atoms with Gasteiger partial charge in [0.15, 0.2) is 5.13 Å². The number of fused-ring (bicyclic) bond motifs is 1. The van der Waals surface area contributed by atoms with E-state index in [1.165, 1.54) is 0 Å². The highest BCUT2D eigenvalue weighted by Gasteiger charge is 2.25. The van der Waals surface area contributed by atoms with Crippen molar-refractivity contribution in [1.82, 2.24) is 9.88 Å². The SMILES string of the molecule is CCSc1ccccc1C(=O)N1CCN(c2nc3ccc(Cl)cc3s2)CC1. The first-order valence-corrected chi connectivity index (χ1v) is 11.2. The minimum Gasteiger partial charge on any atom is -0.345 e. The van der Waals surface area contributed by atoms with Crippen LogP contribution in [0.4, 0.5) is 5.13 Å². The van der Waals surface area contributed by atoms with Gasteiger partial charge in [-0.05, 0) is 36.1 Å². The number of carbonyl (C=O) groups excluding carboxylic acids is 1. The van der Waals surface area contributed by atoms with Crippen LogP contribution in [0.15, 0.2) is 47.4 Å². The number of nitrogens with zero attached hydrogens (tertiary/aromatic N) is 3. The van der Waals surface area contributed by atoms with E-state index in [-0.39, 0.29) is 5.91 Å². The van der Waals surface area contributed by atoms with Gasteiger partial charge >= 0.3 is 0 Å². The Balaban J connectivity index is 1.46. The van der Waals surface area contributed by atoms with Gasteiger partial charge in [0.2, 0.25) is 0 Å². The van der Waals surface area contributed by atoms with E-state index >= 15 is 0 Å². The van der Waals surface area contributed by atoms with Crippen LogP contribution in [-0.2, 0) is 0 Å². The summed E-state index contributed by atoms with van der Waals surface area (Å²) in [6.45, 7) is 5.11. The molecule has 0 saturated carbocycles. The first kappa shape index (κ1) is 18.6. The third-order valence-electron chi connectivity index (χ3n) is 4.59. The van der Waals surface area contributed by atoms with Crippen molar-refractivity contribution in [3.63, 3.8) is 0 Å². The first-order chi connectivity index (χ1) is 13.2. The fraction of sp³-hybridized carbons (Fsp3) is 0.300. The van der Waals surface area contributed by atoms with Crippen LogP contribution in [0.2, 0.25) is 5.02 Å². The lowest BCUT2D eigenvalue weighted by molar-refractivity contribution is 0.0743. The number of thiazole rings is 1. The van der Waals surface area contributed by atoms with Gasteiger partial charge in [-0.15, -0.1) is 11.8 Å². The third kappa shape index (κ3) is 3.93. The van der Waals surface area contributed by atoms with E-state index in [2.05, 4.69) is 11.8 Å². The molecule has 1 amide bonds. The van der Waals surface area contributed by atoms with Gasteiger partial charge in [-0.3, -0.25) is 4.79 Å². The fourth-order valence-corrected chi connectivity index (χ4v) is 5.31. The number of rotatable bonds is 4. The van der Waals surface area contributed by atoms with Gasteiger partial charge in [0.05, 0.1) is 15.8 Å². The van der Waals surface area contributed by atoms with E-state index in [9.17, 15) is 4.79 Å². The van der Waals surface area contributed by atoms with Gasteiger partial charge in [-0.2, -0.15) is 0 Å². The summed E-state index contributed by atoms with van der Waals surface area (Å²) in [5.41, 5.74) is 1.79. The van der Waals surface area contributed by atoms with Crippen LogP contribution >= 0.6 is 34.7 Å². The summed E-state index contributed by atoms with van der Waals surface area (Å²) >= 11 is 9.46. The maximum Gasteiger partial charge on any atom is 0.255 e. The molecular formula is C20H20ClN3OS2. The van der Waals surface area contributed by atoms with E-state index in [4.69, 9.17) is 16.6 Å². The summed E-state index contributed by atoms with van der Waals surface area (Å²) in [4.78, 5) is 23.0. The second-order valence-corrected chi connectivity index (χ2v) is 9.07. The van der Waals surface area contributed by atoms with Gasteiger partial charge in [0.25, 0.3) is 5.91 Å². The lowest BCUT2D eigenvalue weighted by Crippen LogP contribution is -2.48. The Morgan fingerprint density at radius 3 is 2.74 bits per heavy atom. The van der Waals surface area contributed by atoms with Gasteiger partial charge in [0, 0.05) is 36.1 Å². The van der Waals surface area contributed by atoms with E-state index in [0.29, 0.717) is 13.1 Å². The molecule has 0 atom stereocenters. The monoisotopic (exact) mass is 417 g/mol. The van der Waals surface area contributed by atoms with Crippen LogP contribution in [0.3, 0.4) is 0 Å². The highest BCUT2D eigenvalue weighted by atomic mass is 35.5. The zero-order valence-corrected chi connectivity index (χ0v) is 17.4. The Morgan fingerprint density at radius 1 is 1.19 bits per heavy atom. The largest absolute Gasteiger partial charge is 0.345 e. The standard InChI is InChI=1S/C20H20ClN3OS2/c1-2-26-17-6-4-3-5-15(17)19(25)23-9-11-24(12-10-23)20-22-16-8-7-14(21)13-18(16)27-20/h3-8,13H,2,9-12H2,1H3. The summed E-state index contributed by atoms with van der Waals surface area (Å²) in [6, 6.07) is 13.7. The molecule has 140 valence electrons. The summed E-state index contributed by atoms with van der Waals surface area (Å²) < 4.78 is 1.10. The highest BCUT2D eigenvalue weighted by molar-refractivity contribution is 7.99. The Morgan fingerprint density at radius 2 is 1.96 bits per heavy atom. The number of carbonyl (C=O) groups is 1. The molecule has 1 aliphatic heterocycles. The second-order valence-electron chi connectivity index (χ2n) is 6.32. The van der Waals surface area contributed by atoms with Crippen molar-refractivity contribution in [3.8, 4) is 0 Å². The molecule has 0 bridgehead atoms. The summed E-state index contributed by atoms with van der Waals surface area (Å²) in [5.74, 6) is 1.09. The number of piperazine rings is 1. The number of amides is 1. The Hall–Kier alpha value is -1.76.